The molecule has 3 rings (SSSR count). The van der Waals surface area contributed by atoms with Crippen LogP contribution < -0.4 is 5.32 Å². The van der Waals surface area contributed by atoms with Crippen LogP contribution >= 0.6 is 0 Å². The van der Waals surface area contributed by atoms with Crippen LogP contribution in [0, 0.1) is 0 Å². The monoisotopic (exact) mass is 367 g/mol. The Labute approximate surface area is 144 Å². The van der Waals surface area contributed by atoms with Crippen molar-refractivity contribution in [3.63, 3.8) is 0 Å². The molecular weight excluding hydrogens is 355 g/mol. The molecule has 1 aromatic heterocycles. The first-order chi connectivity index (χ1) is 12.2. The number of carbonyl (C=O) groups excluding carboxylic acids is 3. The highest BCUT2D eigenvalue weighted by atomic mass is 19.4. The number of aromatic nitrogens is 3. The van der Waals surface area contributed by atoms with E-state index in [1.807, 2.05) is 0 Å². The van der Waals surface area contributed by atoms with E-state index in [9.17, 15) is 27.6 Å². The first-order valence-corrected chi connectivity index (χ1v) is 7.47. The van der Waals surface area contributed by atoms with Gasteiger partial charge in [0.15, 0.2) is 0 Å². The van der Waals surface area contributed by atoms with Crippen LogP contribution in [0.2, 0.25) is 0 Å². The summed E-state index contributed by atoms with van der Waals surface area (Å²) in [6, 6.07) is 5.94. The Morgan fingerprint density at radius 3 is 2.31 bits per heavy atom. The van der Waals surface area contributed by atoms with Crippen LogP contribution in [0.4, 0.5) is 19.1 Å². The number of rotatable bonds is 4. The molecule has 136 valence electrons. The summed E-state index contributed by atoms with van der Waals surface area (Å²) < 4.78 is 37.3. The highest BCUT2D eigenvalue weighted by Gasteiger charge is 2.35. The van der Waals surface area contributed by atoms with E-state index < -0.39 is 23.9 Å². The number of hydrogen-bond donors (Lipinski definition) is 2. The summed E-state index contributed by atoms with van der Waals surface area (Å²) in [5.41, 5.74) is 0.800. The van der Waals surface area contributed by atoms with Crippen LogP contribution in [0.3, 0.4) is 0 Å². The van der Waals surface area contributed by atoms with Gasteiger partial charge in [0, 0.05) is 18.4 Å². The minimum Gasteiger partial charge on any atom is -0.289 e. The van der Waals surface area contributed by atoms with Crippen molar-refractivity contribution in [2.24, 2.45) is 0 Å². The molecule has 0 spiro atoms. The summed E-state index contributed by atoms with van der Waals surface area (Å²) in [6.07, 6.45) is -4.31. The predicted octanol–water partition coefficient (Wildman–Crippen LogP) is 1.72. The lowest BCUT2D eigenvalue weighted by Crippen LogP contribution is -2.28. The fourth-order valence-corrected chi connectivity index (χ4v) is 2.36. The fraction of sp³-hybridized carbons (Fsp3) is 0.267. The standard InChI is InChI=1S/C15H12F3N5O3/c16-15(17,18)13-20-14(22-21-13)19-12(26)9-3-1-8(2-4-9)7-23-10(24)5-6-11(23)25/h1-4H,5-7H2,(H2,19,20,21,22,26). The van der Waals surface area contributed by atoms with Crippen LogP contribution in [0.5, 0.6) is 0 Å². The first-order valence-electron chi connectivity index (χ1n) is 7.47. The molecule has 26 heavy (non-hydrogen) atoms. The van der Waals surface area contributed by atoms with Crippen LogP contribution in [-0.4, -0.2) is 37.8 Å². The lowest BCUT2D eigenvalue weighted by molar-refractivity contribution is -0.144. The molecule has 0 aliphatic carbocycles. The van der Waals surface area contributed by atoms with E-state index in [0.29, 0.717) is 5.56 Å². The molecule has 0 atom stereocenters. The Kier molecular flexibility index (Phi) is 4.45. The maximum absolute atomic E-state index is 12.4. The molecule has 1 saturated heterocycles. The molecule has 1 aromatic carbocycles. The molecule has 0 unspecified atom stereocenters. The third-order valence-electron chi connectivity index (χ3n) is 3.69. The number of benzene rings is 1. The summed E-state index contributed by atoms with van der Waals surface area (Å²) in [6.45, 7) is 0.107. The van der Waals surface area contributed by atoms with Gasteiger partial charge in [0.05, 0.1) is 6.54 Å². The molecule has 0 radical (unpaired) electrons. The van der Waals surface area contributed by atoms with Gasteiger partial charge < -0.3 is 0 Å². The van der Waals surface area contributed by atoms with Crippen molar-refractivity contribution in [1.82, 2.24) is 20.1 Å². The lowest BCUT2D eigenvalue weighted by atomic mass is 10.1. The number of alkyl halides is 3. The van der Waals surface area contributed by atoms with Gasteiger partial charge in [-0.3, -0.25) is 29.7 Å². The molecular formula is C15H12F3N5O3. The van der Waals surface area contributed by atoms with Crippen LogP contribution in [-0.2, 0) is 22.3 Å². The van der Waals surface area contributed by atoms with Gasteiger partial charge in [0.2, 0.25) is 23.6 Å². The molecule has 3 amide bonds. The highest BCUT2D eigenvalue weighted by molar-refractivity contribution is 6.03. The van der Waals surface area contributed by atoms with Crippen LogP contribution in [0.25, 0.3) is 0 Å². The molecule has 2 heterocycles. The second kappa shape index (κ2) is 6.58. The zero-order valence-corrected chi connectivity index (χ0v) is 13.1. The number of carbonyl (C=O) groups is 3. The van der Waals surface area contributed by atoms with E-state index in [0.717, 1.165) is 4.90 Å². The van der Waals surface area contributed by atoms with Crippen LogP contribution in [0.15, 0.2) is 24.3 Å². The van der Waals surface area contributed by atoms with Crippen LogP contribution in [0.1, 0.15) is 34.6 Å². The van der Waals surface area contributed by atoms with E-state index >= 15 is 0 Å². The van der Waals surface area contributed by atoms with Gasteiger partial charge in [-0.25, -0.2) is 0 Å². The number of amides is 3. The second-order valence-electron chi connectivity index (χ2n) is 5.53. The molecule has 1 fully saturated rings. The number of likely N-dealkylation sites (tertiary alicyclic amines) is 1. The summed E-state index contributed by atoms with van der Waals surface area (Å²) in [5, 5.41) is 7.12. The number of imide groups is 1. The average Bonchev–Trinajstić information content (AvgIpc) is 3.17. The molecule has 1 aliphatic heterocycles. The van der Waals surface area contributed by atoms with Gasteiger partial charge in [-0.1, -0.05) is 12.1 Å². The largest absolute Gasteiger partial charge is 0.451 e. The van der Waals surface area contributed by atoms with Gasteiger partial charge in [-0.2, -0.15) is 18.2 Å². The zero-order valence-electron chi connectivity index (χ0n) is 13.1. The Bertz CT molecular complexity index is 844. The smallest absolute Gasteiger partial charge is 0.289 e. The lowest BCUT2D eigenvalue weighted by Gasteiger charge is -2.13. The van der Waals surface area contributed by atoms with Gasteiger partial charge in [-0.05, 0) is 17.7 Å². The maximum atomic E-state index is 12.4. The number of halogens is 3. The number of aromatic amines is 1. The molecule has 0 saturated carbocycles. The molecule has 11 heteroatoms. The van der Waals surface area contributed by atoms with Crippen molar-refractivity contribution in [3.05, 3.63) is 41.2 Å². The Balaban J connectivity index is 1.64. The van der Waals surface area contributed by atoms with Crippen molar-refractivity contribution in [2.45, 2.75) is 25.6 Å². The average molecular weight is 367 g/mol. The summed E-state index contributed by atoms with van der Waals surface area (Å²) in [7, 11) is 0. The third kappa shape index (κ3) is 3.71. The fourth-order valence-electron chi connectivity index (χ4n) is 2.36. The maximum Gasteiger partial charge on any atom is 0.451 e. The van der Waals surface area contributed by atoms with E-state index in [4.69, 9.17) is 0 Å². The highest BCUT2D eigenvalue weighted by Crippen LogP contribution is 2.26. The van der Waals surface area contributed by atoms with Gasteiger partial charge in [-0.15, -0.1) is 5.10 Å². The predicted molar refractivity (Wildman–Crippen MR) is 80.6 cm³/mol. The van der Waals surface area contributed by atoms with Crippen molar-refractivity contribution in [2.75, 3.05) is 5.32 Å². The minimum absolute atomic E-state index is 0.107. The van der Waals surface area contributed by atoms with Crippen molar-refractivity contribution >= 4 is 23.7 Å². The SMILES string of the molecule is O=C(Nc1n[nH]c(C(F)(F)F)n1)c1ccc(CN2C(=O)CCC2=O)cc1. The molecule has 0 bridgehead atoms. The quantitative estimate of drug-likeness (QED) is 0.800. The molecule has 2 N–H and O–H groups in total. The normalized spacial score (nSPS) is 14.8. The van der Waals surface area contributed by atoms with E-state index in [-0.39, 0.29) is 36.8 Å². The summed E-state index contributed by atoms with van der Waals surface area (Å²) in [4.78, 5) is 39.5. The Hall–Kier alpha value is -3.24. The van der Waals surface area contributed by atoms with E-state index in [1.54, 1.807) is 17.2 Å². The molecule has 8 nitrogen and oxygen atoms in total. The minimum atomic E-state index is -4.69. The number of H-pyrrole nitrogens is 1. The van der Waals surface area contributed by atoms with Gasteiger partial charge in [0.25, 0.3) is 5.91 Å². The van der Waals surface area contributed by atoms with Crippen molar-refractivity contribution in [3.8, 4) is 0 Å². The Morgan fingerprint density at radius 1 is 1.15 bits per heavy atom. The van der Waals surface area contributed by atoms with Gasteiger partial charge >= 0.3 is 6.18 Å². The Morgan fingerprint density at radius 2 is 1.77 bits per heavy atom. The van der Waals surface area contributed by atoms with Crippen molar-refractivity contribution < 1.29 is 27.6 Å². The number of nitrogens with zero attached hydrogens (tertiary/aromatic N) is 3. The summed E-state index contributed by atoms with van der Waals surface area (Å²) in [5.74, 6) is -3.01. The number of nitrogens with one attached hydrogen (secondary N) is 2. The molecule has 1 aliphatic rings. The third-order valence-corrected chi connectivity index (χ3v) is 3.69. The second-order valence-corrected chi connectivity index (χ2v) is 5.53. The molecule has 2 aromatic rings. The van der Waals surface area contributed by atoms with Crippen molar-refractivity contribution in [1.29, 1.82) is 0 Å². The van der Waals surface area contributed by atoms with Gasteiger partial charge in [0.1, 0.15) is 0 Å². The van der Waals surface area contributed by atoms with E-state index in [1.165, 1.54) is 12.1 Å². The topological polar surface area (TPSA) is 108 Å². The van der Waals surface area contributed by atoms with E-state index in [2.05, 4.69) is 15.4 Å². The number of hydrogen-bond acceptors (Lipinski definition) is 5. The first kappa shape index (κ1) is 17.6. The number of anilines is 1. The summed E-state index contributed by atoms with van der Waals surface area (Å²) >= 11 is 0. The zero-order chi connectivity index (χ0) is 18.9.